The third kappa shape index (κ3) is 6.52. The van der Waals surface area contributed by atoms with E-state index in [1.54, 1.807) is 0 Å². The maximum Gasteiger partial charge on any atom is 0.119 e. The SMILES string of the molecule is CCOCC1(COc2ccc(Cc3cc(C4CC(O)CC(CO)O4)ccc3Cl)cc2)CCCC1. The van der Waals surface area contributed by atoms with Crippen molar-refractivity contribution in [2.24, 2.45) is 5.41 Å². The van der Waals surface area contributed by atoms with Gasteiger partial charge in [0.05, 0.1) is 38.1 Å². The second-order valence-corrected chi connectivity index (χ2v) is 10.3. The quantitative estimate of drug-likeness (QED) is 0.463. The van der Waals surface area contributed by atoms with Crippen LogP contribution in [-0.4, -0.2) is 48.8 Å². The summed E-state index contributed by atoms with van der Waals surface area (Å²) in [4.78, 5) is 0. The number of rotatable bonds is 10. The summed E-state index contributed by atoms with van der Waals surface area (Å²) in [5.74, 6) is 0.881. The van der Waals surface area contributed by atoms with Gasteiger partial charge in [-0.2, -0.15) is 0 Å². The van der Waals surface area contributed by atoms with Crippen LogP contribution >= 0.6 is 11.6 Å². The normalized spacial score (nSPS) is 24.3. The molecule has 186 valence electrons. The Bertz CT molecular complexity index is 910. The molecule has 1 saturated heterocycles. The lowest BCUT2D eigenvalue weighted by Crippen LogP contribution is -2.33. The van der Waals surface area contributed by atoms with Gasteiger partial charge in [0.1, 0.15) is 5.75 Å². The van der Waals surface area contributed by atoms with Crippen LogP contribution in [0.2, 0.25) is 5.02 Å². The molecule has 2 fully saturated rings. The summed E-state index contributed by atoms with van der Waals surface area (Å²) < 4.78 is 17.9. The van der Waals surface area contributed by atoms with Crippen LogP contribution in [0.5, 0.6) is 5.75 Å². The molecule has 1 saturated carbocycles. The molecule has 0 aromatic heterocycles. The maximum absolute atomic E-state index is 10.2. The number of benzene rings is 2. The van der Waals surface area contributed by atoms with E-state index in [0.29, 0.717) is 30.9 Å². The van der Waals surface area contributed by atoms with Crippen molar-refractivity contribution in [1.29, 1.82) is 0 Å². The second-order valence-electron chi connectivity index (χ2n) is 9.86. The second kappa shape index (κ2) is 11.9. The van der Waals surface area contributed by atoms with Gasteiger partial charge in [-0.1, -0.05) is 48.7 Å². The molecule has 2 aromatic rings. The van der Waals surface area contributed by atoms with Crippen LogP contribution in [0.15, 0.2) is 42.5 Å². The van der Waals surface area contributed by atoms with Crippen molar-refractivity contribution in [2.75, 3.05) is 26.4 Å². The first-order valence-corrected chi connectivity index (χ1v) is 12.9. The van der Waals surface area contributed by atoms with Gasteiger partial charge in [-0.05, 0) is 61.1 Å². The third-order valence-corrected chi connectivity index (χ3v) is 7.53. The largest absolute Gasteiger partial charge is 0.493 e. The van der Waals surface area contributed by atoms with Gasteiger partial charge in [0, 0.05) is 29.9 Å². The monoisotopic (exact) mass is 488 g/mol. The van der Waals surface area contributed by atoms with E-state index in [1.165, 1.54) is 25.7 Å². The Kier molecular flexibility index (Phi) is 8.89. The van der Waals surface area contributed by atoms with Gasteiger partial charge in [-0.15, -0.1) is 0 Å². The van der Waals surface area contributed by atoms with E-state index in [-0.39, 0.29) is 24.2 Å². The molecule has 4 rings (SSSR count). The molecule has 2 N–H and O–H groups in total. The van der Waals surface area contributed by atoms with Crippen LogP contribution in [0.3, 0.4) is 0 Å². The highest BCUT2D eigenvalue weighted by Crippen LogP contribution is 2.39. The standard InChI is InChI=1S/C28H37ClO5/c1-2-32-18-28(11-3-4-12-28)19-33-24-8-5-20(6-9-24)13-22-14-21(7-10-26(22)29)27-16-23(31)15-25(17-30)34-27/h5-10,14,23,25,27,30-31H,2-4,11-13,15-19H2,1H3. The van der Waals surface area contributed by atoms with Gasteiger partial charge in [0.25, 0.3) is 0 Å². The van der Waals surface area contributed by atoms with Crippen LogP contribution in [0.25, 0.3) is 0 Å². The lowest BCUT2D eigenvalue weighted by molar-refractivity contribution is -0.113. The Balaban J connectivity index is 1.39. The summed E-state index contributed by atoms with van der Waals surface area (Å²) >= 11 is 6.51. The predicted molar refractivity (Wildman–Crippen MR) is 134 cm³/mol. The molecule has 5 nitrogen and oxygen atoms in total. The van der Waals surface area contributed by atoms with Gasteiger partial charge in [0.2, 0.25) is 0 Å². The Morgan fingerprint density at radius 3 is 2.53 bits per heavy atom. The number of ether oxygens (including phenoxy) is 3. The summed E-state index contributed by atoms with van der Waals surface area (Å²) in [7, 11) is 0. The van der Waals surface area contributed by atoms with Gasteiger partial charge < -0.3 is 24.4 Å². The van der Waals surface area contributed by atoms with Gasteiger partial charge in [0.15, 0.2) is 0 Å². The van der Waals surface area contributed by atoms with E-state index in [9.17, 15) is 10.2 Å². The van der Waals surface area contributed by atoms with Crippen molar-refractivity contribution in [2.45, 2.75) is 70.2 Å². The fraction of sp³-hybridized carbons (Fsp3) is 0.571. The summed E-state index contributed by atoms with van der Waals surface area (Å²) in [5, 5.41) is 20.3. The zero-order chi connectivity index (χ0) is 24.0. The predicted octanol–water partition coefficient (Wildman–Crippen LogP) is 5.48. The van der Waals surface area contributed by atoms with Crippen molar-refractivity contribution >= 4 is 11.6 Å². The minimum atomic E-state index is -0.473. The number of hydrogen-bond donors (Lipinski definition) is 2. The molecule has 3 atom stereocenters. The van der Waals surface area contributed by atoms with Crippen molar-refractivity contribution < 1.29 is 24.4 Å². The molecule has 3 unspecified atom stereocenters. The zero-order valence-corrected chi connectivity index (χ0v) is 20.8. The van der Waals surface area contributed by atoms with Crippen LogP contribution < -0.4 is 4.74 Å². The van der Waals surface area contributed by atoms with Crippen molar-refractivity contribution in [3.63, 3.8) is 0 Å². The fourth-order valence-corrected chi connectivity index (χ4v) is 5.37. The maximum atomic E-state index is 10.2. The summed E-state index contributed by atoms with van der Waals surface area (Å²) in [6, 6.07) is 14.1. The molecule has 1 aliphatic carbocycles. The summed E-state index contributed by atoms with van der Waals surface area (Å²) in [6.45, 7) is 4.17. The highest BCUT2D eigenvalue weighted by Gasteiger charge is 2.35. The van der Waals surface area contributed by atoms with E-state index in [1.807, 2.05) is 31.2 Å². The molecule has 0 radical (unpaired) electrons. The molecule has 0 amide bonds. The average Bonchev–Trinajstić information content (AvgIpc) is 3.32. The lowest BCUT2D eigenvalue weighted by Gasteiger charge is -2.32. The minimum absolute atomic E-state index is 0.0881. The zero-order valence-electron chi connectivity index (χ0n) is 20.0. The first-order chi connectivity index (χ1) is 16.5. The number of aliphatic hydroxyl groups excluding tert-OH is 2. The molecule has 1 heterocycles. The van der Waals surface area contributed by atoms with E-state index < -0.39 is 6.10 Å². The molecule has 2 aromatic carbocycles. The topological polar surface area (TPSA) is 68.2 Å². The molecular formula is C28H37ClO5. The van der Waals surface area contributed by atoms with Crippen molar-refractivity contribution in [3.05, 3.63) is 64.2 Å². The van der Waals surface area contributed by atoms with Crippen molar-refractivity contribution in [1.82, 2.24) is 0 Å². The first kappa shape index (κ1) is 25.5. The summed E-state index contributed by atoms with van der Waals surface area (Å²) in [5.41, 5.74) is 3.28. The number of halogens is 1. The third-order valence-electron chi connectivity index (χ3n) is 7.16. The van der Waals surface area contributed by atoms with Gasteiger partial charge >= 0.3 is 0 Å². The molecule has 0 bridgehead atoms. The smallest absolute Gasteiger partial charge is 0.119 e. The van der Waals surface area contributed by atoms with Gasteiger partial charge in [-0.3, -0.25) is 0 Å². The van der Waals surface area contributed by atoms with Crippen molar-refractivity contribution in [3.8, 4) is 5.75 Å². The van der Waals surface area contributed by atoms with Gasteiger partial charge in [-0.25, -0.2) is 0 Å². The molecule has 34 heavy (non-hydrogen) atoms. The Hall–Kier alpha value is -1.63. The Morgan fingerprint density at radius 1 is 1.06 bits per heavy atom. The van der Waals surface area contributed by atoms with Crippen LogP contribution in [0, 0.1) is 5.41 Å². The summed E-state index contributed by atoms with van der Waals surface area (Å²) in [6.07, 6.45) is 5.47. The lowest BCUT2D eigenvalue weighted by atomic mass is 9.88. The fourth-order valence-electron chi connectivity index (χ4n) is 5.19. The molecule has 0 spiro atoms. The van der Waals surface area contributed by atoms with E-state index in [4.69, 9.17) is 25.8 Å². The molecule has 1 aliphatic heterocycles. The molecule has 2 aliphatic rings. The Morgan fingerprint density at radius 2 is 1.82 bits per heavy atom. The van der Waals surface area contributed by atoms with E-state index in [0.717, 1.165) is 35.7 Å². The van der Waals surface area contributed by atoms with Crippen LogP contribution in [0.1, 0.15) is 68.2 Å². The van der Waals surface area contributed by atoms with Crippen LogP contribution in [-0.2, 0) is 15.9 Å². The highest BCUT2D eigenvalue weighted by molar-refractivity contribution is 6.31. The molecule has 6 heteroatoms. The number of aliphatic hydroxyl groups is 2. The first-order valence-electron chi connectivity index (χ1n) is 12.5. The minimum Gasteiger partial charge on any atom is -0.493 e. The number of hydrogen-bond acceptors (Lipinski definition) is 5. The highest BCUT2D eigenvalue weighted by atomic mass is 35.5. The molecular weight excluding hydrogens is 452 g/mol. The van der Waals surface area contributed by atoms with E-state index in [2.05, 4.69) is 18.2 Å². The van der Waals surface area contributed by atoms with Crippen LogP contribution in [0.4, 0.5) is 0 Å². The Labute approximate surface area is 208 Å². The van der Waals surface area contributed by atoms with E-state index >= 15 is 0 Å². The average molecular weight is 489 g/mol.